The molecule has 0 amide bonds. The third-order valence-electron chi connectivity index (χ3n) is 6.03. The van der Waals surface area contributed by atoms with Gasteiger partial charge in [0.1, 0.15) is 47.7 Å². The van der Waals surface area contributed by atoms with Gasteiger partial charge in [0.25, 0.3) is 0 Å². The molecule has 2 aromatic carbocycles. The lowest BCUT2D eigenvalue weighted by atomic mass is 10.1. The molecular formula is C24H26ClFN4O5S. The molecule has 9 nitrogen and oxygen atoms in total. The molecule has 12 heteroatoms. The first-order valence-electron chi connectivity index (χ1n) is 11.2. The minimum atomic E-state index is -0.443. The Balaban J connectivity index is 1.50. The molecule has 0 aliphatic carbocycles. The molecule has 192 valence electrons. The minimum absolute atomic E-state index is 0.161. The van der Waals surface area contributed by atoms with Crippen molar-refractivity contribution in [3.8, 4) is 11.5 Å². The lowest BCUT2D eigenvalue weighted by Gasteiger charge is -2.21. The van der Waals surface area contributed by atoms with E-state index in [1.165, 1.54) is 25.6 Å². The van der Waals surface area contributed by atoms with Crippen molar-refractivity contribution in [1.82, 2.24) is 9.97 Å². The number of nitrogens with zero attached hydrogens (tertiary/aromatic N) is 3. The Morgan fingerprint density at radius 3 is 2.58 bits per heavy atom. The van der Waals surface area contributed by atoms with E-state index in [9.17, 15) is 4.39 Å². The molecule has 2 saturated heterocycles. The number of rotatable bonds is 7. The first kappa shape index (κ1) is 25.1. The van der Waals surface area contributed by atoms with Gasteiger partial charge in [-0.15, -0.1) is 10.7 Å². The van der Waals surface area contributed by atoms with Crippen molar-refractivity contribution in [2.24, 2.45) is 4.36 Å². The SMILES string of the molecule is COc1c(N=S(C)C)cc2ncnc(Nc3ccc(F)cc3O[C@@H]3CO[C@H]4[C@@H]3OC[C@H]4OC)c2c1Cl. The number of anilines is 2. The minimum Gasteiger partial charge on any atom is -0.493 e. The Bertz CT molecular complexity index is 1330. The number of hydrogen-bond acceptors (Lipinski definition) is 9. The van der Waals surface area contributed by atoms with E-state index in [0.717, 1.165) is 0 Å². The molecule has 0 unspecified atom stereocenters. The summed E-state index contributed by atoms with van der Waals surface area (Å²) in [6.07, 6.45) is 4.28. The smallest absolute Gasteiger partial charge is 0.164 e. The summed E-state index contributed by atoms with van der Waals surface area (Å²) >= 11 is 6.75. The highest BCUT2D eigenvalue weighted by molar-refractivity contribution is 7.85. The third-order valence-corrected chi connectivity index (χ3v) is 6.95. The van der Waals surface area contributed by atoms with Crippen LogP contribution in [0, 0.1) is 5.82 Å². The van der Waals surface area contributed by atoms with Gasteiger partial charge >= 0.3 is 0 Å². The number of nitrogens with one attached hydrogen (secondary N) is 1. The van der Waals surface area contributed by atoms with Crippen molar-refractivity contribution in [1.29, 1.82) is 0 Å². The zero-order valence-corrected chi connectivity index (χ0v) is 21.7. The number of methoxy groups -OCH3 is 2. The van der Waals surface area contributed by atoms with E-state index in [1.807, 2.05) is 18.6 Å². The van der Waals surface area contributed by atoms with Crippen molar-refractivity contribution in [2.75, 3.05) is 45.3 Å². The van der Waals surface area contributed by atoms with Gasteiger partial charge < -0.3 is 29.0 Å². The molecule has 0 radical (unpaired) electrons. The van der Waals surface area contributed by atoms with E-state index < -0.39 is 11.9 Å². The average molecular weight is 537 g/mol. The van der Waals surface area contributed by atoms with Crippen LogP contribution >= 0.6 is 11.6 Å². The molecular weight excluding hydrogens is 511 g/mol. The first-order chi connectivity index (χ1) is 17.4. The van der Waals surface area contributed by atoms with Crippen LogP contribution in [0.1, 0.15) is 0 Å². The summed E-state index contributed by atoms with van der Waals surface area (Å²) < 4.78 is 47.7. The fraction of sp³-hybridized carbons (Fsp3) is 0.417. The molecule has 0 spiro atoms. The molecule has 1 N–H and O–H groups in total. The van der Waals surface area contributed by atoms with Gasteiger partial charge in [-0.25, -0.2) is 18.7 Å². The lowest BCUT2D eigenvalue weighted by Crippen LogP contribution is -2.35. The lowest BCUT2D eigenvalue weighted by molar-refractivity contribution is -0.0138. The standard InChI is InChI=1S/C24H26ClFN4O5S/c1-31-17-9-33-23-18(10-34-22(17)23)35-16-7-12(26)5-6-13(16)29-24-19-14(27-11-28-24)8-15(30-36(3)4)21(32-2)20(19)25/h5-8,11,17-18,22-23H,9-10H2,1-4H3,(H,27,28,29)/t17-,18-,22-,23-/m1/s1. The number of fused-ring (bicyclic) bond motifs is 2. The molecule has 0 saturated carbocycles. The number of hydrogen-bond donors (Lipinski definition) is 1. The van der Waals surface area contributed by atoms with Crippen molar-refractivity contribution >= 4 is 50.4 Å². The summed E-state index contributed by atoms with van der Waals surface area (Å²) in [5.74, 6) is 0.687. The second-order valence-electron chi connectivity index (χ2n) is 8.52. The van der Waals surface area contributed by atoms with E-state index in [1.54, 1.807) is 13.2 Å². The monoisotopic (exact) mass is 536 g/mol. The summed E-state index contributed by atoms with van der Waals surface area (Å²) in [5.41, 5.74) is 1.69. The molecule has 3 aromatic rings. The van der Waals surface area contributed by atoms with Crippen molar-refractivity contribution in [3.05, 3.63) is 41.4 Å². The maximum Gasteiger partial charge on any atom is 0.164 e. The molecule has 0 bridgehead atoms. The Kier molecular flexibility index (Phi) is 7.27. The molecule has 3 heterocycles. The highest BCUT2D eigenvalue weighted by Crippen LogP contribution is 2.44. The second-order valence-corrected chi connectivity index (χ2v) is 10.6. The molecule has 36 heavy (non-hydrogen) atoms. The highest BCUT2D eigenvalue weighted by atomic mass is 35.5. The third kappa shape index (κ3) is 4.73. The van der Waals surface area contributed by atoms with Crippen LogP contribution in [-0.4, -0.2) is 74.3 Å². The van der Waals surface area contributed by atoms with Gasteiger partial charge in [0.05, 0.1) is 41.9 Å². The summed E-state index contributed by atoms with van der Waals surface area (Å²) in [4.78, 5) is 8.77. The topological polar surface area (TPSA) is 96.3 Å². The van der Waals surface area contributed by atoms with Gasteiger partial charge in [0, 0.05) is 13.2 Å². The summed E-state index contributed by atoms with van der Waals surface area (Å²) in [6.45, 7) is 0.714. The molecule has 2 aliphatic rings. The summed E-state index contributed by atoms with van der Waals surface area (Å²) in [7, 11) is 2.92. The fourth-order valence-electron chi connectivity index (χ4n) is 4.42. The van der Waals surface area contributed by atoms with E-state index in [0.29, 0.717) is 52.1 Å². The molecule has 2 fully saturated rings. The average Bonchev–Trinajstić information content (AvgIpc) is 3.43. The van der Waals surface area contributed by atoms with E-state index in [2.05, 4.69) is 19.6 Å². The van der Waals surface area contributed by atoms with E-state index >= 15 is 0 Å². The molecule has 4 atom stereocenters. The van der Waals surface area contributed by atoms with Crippen LogP contribution in [0.25, 0.3) is 10.9 Å². The predicted octanol–water partition coefficient (Wildman–Crippen LogP) is 4.43. The van der Waals surface area contributed by atoms with Gasteiger partial charge in [-0.3, -0.25) is 0 Å². The number of ether oxygens (including phenoxy) is 5. The Morgan fingerprint density at radius 1 is 1.11 bits per heavy atom. The van der Waals surface area contributed by atoms with Crippen LogP contribution in [0.3, 0.4) is 0 Å². The van der Waals surface area contributed by atoms with Crippen molar-refractivity contribution in [2.45, 2.75) is 24.4 Å². The second kappa shape index (κ2) is 10.4. The van der Waals surface area contributed by atoms with Gasteiger partial charge in [0.2, 0.25) is 0 Å². The quantitative estimate of drug-likeness (QED) is 0.474. The normalized spacial score (nSPS) is 23.2. The zero-order chi connectivity index (χ0) is 25.4. The summed E-state index contributed by atoms with van der Waals surface area (Å²) in [6, 6.07) is 6.03. The van der Waals surface area contributed by atoms with Crippen molar-refractivity contribution in [3.63, 3.8) is 0 Å². The van der Waals surface area contributed by atoms with Gasteiger partial charge in [-0.05, 0) is 30.7 Å². The maximum absolute atomic E-state index is 14.2. The number of benzene rings is 2. The van der Waals surface area contributed by atoms with Crippen LogP contribution < -0.4 is 14.8 Å². The zero-order valence-electron chi connectivity index (χ0n) is 20.2. The van der Waals surface area contributed by atoms with Gasteiger partial charge in [-0.2, -0.15) is 0 Å². The van der Waals surface area contributed by atoms with Crippen LogP contribution in [-0.2, 0) is 24.9 Å². The van der Waals surface area contributed by atoms with E-state index in [-0.39, 0.29) is 34.8 Å². The van der Waals surface area contributed by atoms with Crippen LogP contribution in [0.5, 0.6) is 11.5 Å². The summed E-state index contributed by atoms with van der Waals surface area (Å²) in [5, 5.41) is 4.10. The maximum atomic E-state index is 14.2. The fourth-order valence-corrected chi connectivity index (χ4v) is 5.31. The Hall–Kier alpha value is -2.57. The highest BCUT2D eigenvalue weighted by Gasteiger charge is 2.49. The van der Waals surface area contributed by atoms with Crippen molar-refractivity contribution < 1.29 is 28.1 Å². The molecule has 2 aliphatic heterocycles. The Labute approximate surface area is 215 Å². The molecule has 5 rings (SSSR count). The predicted molar refractivity (Wildman–Crippen MR) is 137 cm³/mol. The van der Waals surface area contributed by atoms with Gasteiger partial charge in [-0.1, -0.05) is 11.6 Å². The van der Waals surface area contributed by atoms with Crippen LogP contribution in [0.2, 0.25) is 5.02 Å². The number of aromatic nitrogens is 2. The van der Waals surface area contributed by atoms with Crippen LogP contribution in [0.4, 0.5) is 21.6 Å². The Morgan fingerprint density at radius 2 is 1.86 bits per heavy atom. The van der Waals surface area contributed by atoms with Gasteiger partial charge in [0.15, 0.2) is 11.9 Å². The number of halogens is 2. The first-order valence-corrected chi connectivity index (χ1v) is 13.6. The van der Waals surface area contributed by atoms with Crippen LogP contribution in [0.15, 0.2) is 35.0 Å². The largest absolute Gasteiger partial charge is 0.493 e. The van der Waals surface area contributed by atoms with E-state index in [4.69, 9.17) is 35.3 Å². The molecule has 1 aromatic heterocycles.